The average molecular weight is 339 g/mol. The minimum absolute atomic E-state index is 0.548. The number of nitrogens with zero attached hydrogens (tertiary/aromatic N) is 2. The van der Waals surface area contributed by atoms with Crippen LogP contribution < -0.4 is 10.6 Å². The van der Waals surface area contributed by atoms with Gasteiger partial charge >= 0.3 is 0 Å². The summed E-state index contributed by atoms with van der Waals surface area (Å²) >= 11 is 14.0. The minimum Gasteiger partial charge on any atom is -0.357 e. The standard InChI is InChI=1S/C14H12Cl2N4S/c1-7-6-8-12(19-14(17-2)20-13(8)21-7)18-11-9(15)4-3-5-10(11)16/h3-6H,1-2H3,(H2,17,18,19,20). The molecule has 0 spiro atoms. The summed E-state index contributed by atoms with van der Waals surface area (Å²) in [5, 5.41) is 8.23. The van der Waals surface area contributed by atoms with Gasteiger partial charge in [-0.15, -0.1) is 11.3 Å². The second-order valence-electron chi connectivity index (χ2n) is 4.44. The molecule has 3 rings (SSSR count). The van der Waals surface area contributed by atoms with Gasteiger partial charge < -0.3 is 10.6 Å². The number of anilines is 3. The summed E-state index contributed by atoms with van der Waals surface area (Å²) in [5.41, 5.74) is 0.645. The molecule has 0 aliphatic heterocycles. The summed E-state index contributed by atoms with van der Waals surface area (Å²) in [5.74, 6) is 1.23. The fourth-order valence-electron chi connectivity index (χ4n) is 1.98. The number of benzene rings is 1. The predicted octanol–water partition coefficient (Wildman–Crippen LogP) is 5.09. The molecule has 7 heteroatoms. The predicted molar refractivity (Wildman–Crippen MR) is 91.4 cm³/mol. The van der Waals surface area contributed by atoms with Crippen molar-refractivity contribution in [3.8, 4) is 0 Å². The molecule has 21 heavy (non-hydrogen) atoms. The lowest BCUT2D eigenvalue weighted by Crippen LogP contribution is -2.01. The molecule has 2 aromatic heterocycles. The second-order valence-corrected chi connectivity index (χ2v) is 6.49. The summed E-state index contributed by atoms with van der Waals surface area (Å²) in [7, 11) is 1.79. The van der Waals surface area contributed by atoms with E-state index >= 15 is 0 Å². The van der Waals surface area contributed by atoms with Crippen LogP contribution in [-0.4, -0.2) is 17.0 Å². The fraction of sp³-hybridized carbons (Fsp3) is 0.143. The Labute approximate surface area is 136 Å². The van der Waals surface area contributed by atoms with E-state index in [-0.39, 0.29) is 0 Å². The van der Waals surface area contributed by atoms with Gasteiger partial charge in [0, 0.05) is 11.9 Å². The molecule has 0 bridgehead atoms. The van der Waals surface area contributed by atoms with Gasteiger partial charge in [0.2, 0.25) is 5.95 Å². The summed E-state index contributed by atoms with van der Waals surface area (Å²) in [4.78, 5) is 11.0. The van der Waals surface area contributed by atoms with Crippen LogP contribution in [0.3, 0.4) is 0 Å². The average Bonchev–Trinajstić information content (AvgIpc) is 2.83. The Morgan fingerprint density at radius 1 is 1.14 bits per heavy atom. The number of para-hydroxylation sites is 1. The largest absolute Gasteiger partial charge is 0.357 e. The number of thiophene rings is 1. The Kier molecular flexibility index (Phi) is 3.89. The van der Waals surface area contributed by atoms with Crippen molar-refractivity contribution in [1.29, 1.82) is 0 Å². The molecule has 0 aliphatic rings. The molecule has 108 valence electrons. The third-order valence-corrected chi connectivity index (χ3v) is 4.52. The molecule has 0 amide bonds. The SMILES string of the molecule is CNc1nc(Nc2c(Cl)cccc2Cl)c2cc(C)sc2n1. The maximum absolute atomic E-state index is 6.21. The van der Waals surface area contributed by atoms with Gasteiger partial charge in [-0.1, -0.05) is 29.3 Å². The lowest BCUT2D eigenvalue weighted by molar-refractivity contribution is 1.20. The van der Waals surface area contributed by atoms with Crippen molar-refractivity contribution < 1.29 is 0 Å². The molecule has 0 atom stereocenters. The number of fused-ring (bicyclic) bond motifs is 1. The van der Waals surface area contributed by atoms with E-state index in [2.05, 4.69) is 20.6 Å². The van der Waals surface area contributed by atoms with Crippen LogP contribution in [0.15, 0.2) is 24.3 Å². The van der Waals surface area contributed by atoms with Crippen molar-refractivity contribution in [1.82, 2.24) is 9.97 Å². The first kappa shape index (κ1) is 14.4. The summed E-state index contributed by atoms with van der Waals surface area (Å²) in [6, 6.07) is 7.42. The van der Waals surface area contributed by atoms with Gasteiger partial charge in [-0.3, -0.25) is 0 Å². The van der Waals surface area contributed by atoms with Gasteiger partial charge in [-0.25, -0.2) is 4.98 Å². The fourth-order valence-corrected chi connectivity index (χ4v) is 3.36. The molecular formula is C14H12Cl2N4S. The van der Waals surface area contributed by atoms with Crippen LogP contribution in [0.25, 0.3) is 10.2 Å². The lowest BCUT2D eigenvalue weighted by atomic mass is 10.3. The Balaban J connectivity index is 2.15. The summed E-state index contributed by atoms with van der Waals surface area (Å²) in [6.07, 6.45) is 0. The molecule has 3 aromatic rings. The first-order valence-corrected chi connectivity index (χ1v) is 7.82. The number of hydrogen-bond donors (Lipinski definition) is 2. The number of aryl methyl sites for hydroxylation is 1. The normalized spacial score (nSPS) is 10.9. The molecular weight excluding hydrogens is 327 g/mol. The van der Waals surface area contributed by atoms with Crippen molar-refractivity contribution >= 4 is 62.2 Å². The van der Waals surface area contributed by atoms with Crippen molar-refractivity contribution in [2.75, 3.05) is 17.7 Å². The molecule has 0 saturated carbocycles. The van der Waals surface area contributed by atoms with Crippen LogP contribution in [0.5, 0.6) is 0 Å². The molecule has 4 nitrogen and oxygen atoms in total. The van der Waals surface area contributed by atoms with Gasteiger partial charge in [0.1, 0.15) is 10.6 Å². The molecule has 0 radical (unpaired) electrons. The van der Waals surface area contributed by atoms with Crippen LogP contribution in [-0.2, 0) is 0 Å². The highest BCUT2D eigenvalue weighted by molar-refractivity contribution is 7.18. The van der Waals surface area contributed by atoms with Gasteiger partial charge in [0.25, 0.3) is 0 Å². The first-order chi connectivity index (χ1) is 10.1. The van der Waals surface area contributed by atoms with E-state index in [0.717, 1.165) is 10.2 Å². The Morgan fingerprint density at radius 2 is 1.86 bits per heavy atom. The number of hydrogen-bond acceptors (Lipinski definition) is 5. The minimum atomic E-state index is 0.548. The monoisotopic (exact) mass is 338 g/mol. The van der Waals surface area contributed by atoms with E-state index in [0.29, 0.717) is 27.5 Å². The molecule has 0 saturated heterocycles. The maximum Gasteiger partial charge on any atom is 0.225 e. The Morgan fingerprint density at radius 3 is 2.52 bits per heavy atom. The van der Waals surface area contributed by atoms with Crippen LogP contribution in [0.4, 0.5) is 17.5 Å². The van der Waals surface area contributed by atoms with E-state index in [9.17, 15) is 0 Å². The quantitative estimate of drug-likeness (QED) is 0.698. The highest BCUT2D eigenvalue weighted by atomic mass is 35.5. The topological polar surface area (TPSA) is 49.8 Å². The maximum atomic E-state index is 6.21. The third kappa shape index (κ3) is 2.77. The Hall–Kier alpha value is -1.56. The van der Waals surface area contributed by atoms with Crippen LogP contribution in [0.1, 0.15) is 4.88 Å². The summed E-state index contributed by atoms with van der Waals surface area (Å²) < 4.78 is 0. The smallest absolute Gasteiger partial charge is 0.225 e. The Bertz CT molecular complexity index is 796. The van der Waals surface area contributed by atoms with E-state index in [4.69, 9.17) is 23.2 Å². The zero-order valence-corrected chi connectivity index (χ0v) is 13.7. The molecule has 0 aliphatic carbocycles. The van der Waals surface area contributed by atoms with E-state index in [1.807, 2.05) is 13.0 Å². The lowest BCUT2D eigenvalue weighted by Gasteiger charge is -2.11. The molecule has 2 heterocycles. The molecule has 0 fully saturated rings. The van der Waals surface area contributed by atoms with Gasteiger partial charge in [0.15, 0.2) is 0 Å². The highest BCUT2D eigenvalue weighted by Crippen LogP contribution is 2.36. The zero-order chi connectivity index (χ0) is 15.0. The summed E-state index contributed by atoms with van der Waals surface area (Å²) in [6.45, 7) is 2.04. The highest BCUT2D eigenvalue weighted by Gasteiger charge is 2.13. The molecule has 1 aromatic carbocycles. The zero-order valence-electron chi connectivity index (χ0n) is 11.4. The van der Waals surface area contributed by atoms with Crippen LogP contribution >= 0.6 is 34.5 Å². The van der Waals surface area contributed by atoms with Crippen molar-refractivity contribution in [2.45, 2.75) is 6.92 Å². The number of rotatable bonds is 3. The van der Waals surface area contributed by atoms with E-state index in [1.54, 1.807) is 36.6 Å². The number of aromatic nitrogens is 2. The van der Waals surface area contributed by atoms with Crippen LogP contribution in [0, 0.1) is 6.92 Å². The third-order valence-electron chi connectivity index (χ3n) is 2.95. The number of nitrogens with one attached hydrogen (secondary N) is 2. The van der Waals surface area contributed by atoms with Crippen molar-refractivity contribution in [3.63, 3.8) is 0 Å². The first-order valence-electron chi connectivity index (χ1n) is 6.25. The number of halogens is 2. The van der Waals surface area contributed by atoms with E-state index in [1.165, 1.54) is 4.88 Å². The van der Waals surface area contributed by atoms with Crippen LogP contribution in [0.2, 0.25) is 10.0 Å². The van der Waals surface area contributed by atoms with Gasteiger partial charge in [-0.05, 0) is 25.1 Å². The molecule has 0 unspecified atom stereocenters. The van der Waals surface area contributed by atoms with Crippen molar-refractivity contribution in [2.24, 2.45) is 0 Å². The molecule has 2 N–H and O–H groups in total. The van der Waals surface area contributed by atoms with E-state index < -0.39 is 0 Å². The van der Waals surface area contributed by atoms with Gasteiger partial charge in [-0.2, -0.15) is 4.98 Å². The van der Waals surface area contributed by atoms with Gasteiger partial charge in [0.05, 0.1) is 21.1 Å². The second kappa shape index (κ2) is 5.67. The van der Waals surface area contributed by atoms with Crippen molar-refractivity contribution in [3.05, 3.63) is 39.2 Å².